The van der Waals surface area contributed by atoms with Crippen LogP contribution in [0.1, 0.15) is 5.69 Å². The summed E-state index contributed by atoms with van der Waals surface area (Å²) in [6.07, 6.45) is -3.33. The van der Waals surface area contributed by atoms with E-state index in [-0.39, 0.29) is 40.1 Å². The van der Waals surface area contributed by atoms with Gasteiger partial charge in [0.2, 0.25) is 0 Å². The molecule has 0 unspecified atom stereocenters. The van der Waals surface area contributed by atoms with Crippen molar-refractivity contribution in [2.45, 2.75) is 6.18 Å². The molecule has 3 N–H and O–H groups in total. The highest BCUT2D eigenvalue weighted by atomic mass is 79.9. The Morgan fingerprint density at radius 1 is 0.885 bits per heavy atom. The van der Waals surface area contributed by atoms with Crippen molar-refractivity contribution in [1.29, 1.82) is 0 Å². The molecule has 2 aromatic heterocycles. The molecule has 0 saturated carbocycles. The van der Waals surface area contributed by atoms with Crippen LogP contribution in [0.3, 0.4) is 0 Å². The monoisotopic (exact) mass is 428 g/mol. The number of phenols is 2. The summed E-state index contributed by atoms with van der Waals surface area (Å²) in [7, 11) is 0. The summed E-state index contributed by atoms with van der Waals surface area (Å²) in [5.41, 5.74) is -0.118. The van der Waals surface area contributed by atoms with Crippen LogP contribution in [0.4, 0.5) is 24.8 Å². The summed E-state index contributed by atoms with van der Waals surface area (Å²) >= 11 is 0. The van der Waals surface area contributed by atoms with Gasteiger partial charge in [0, 0.05) is 11.6 Å². The van der Waals surface area contributed by atoms with Crippen molar-refractivity contribution in [3.63, 3.8) is 0 Å². The fraction of sp³-hybridized carbons (Fsp3) is 0.0625. The van der Waals surface area contributed by atoms with Crippen molar-refractivity contribution in [1.82, 2.24) is 15.0 Å². The molecule has 1 aromatic carbocycles. The summed E-state index contributed by atoms with van der Waals surface area (Å²) in [6.45, 7) is 0. The SMILES string of the molecule is Br.Oc1ccc(-c2cc(Nc3cccc(C(F)(F)F)n3)ncn2)cc1O. The molecule has 0 saturated heterocycles. The van der Waals surface area contributed by atoms with Crippen LogP contribution in [0.5, 0.6) is 11.5 Å². The van der Waals surface area contributed by atoms with Gasteiger partial charge in [0.15, 0.2) is 11.5 Å². The van der Waals surface area contributed by atoms with Crippen molar-refractivity contribution in [2.24, 2.45) is 0 Å². The van der Waals surface area contributed by atoms with E-state index < -0.39 is 11.9 Å². The van der Waals surface area contributed by atoms with Gasteiger partial charge in [-0.2, -0.15) is 13.2 Å². The molecule has 0 fully saturated rings. The maximum absolute atomic E-state index is 12.7. The molecular formula is C16H12BrF3N4O2. The molecular weight excluding hydrogens is 417 g/mol. The highest BCUT2D eigenvalue weighted by molar-refractivity contribution is 8.93. The lowest BCUT2D eigenvalue weighted by atomic mass is 10.1. The molecule has 0 aliphatic carbocycles. The van der Waals surface area contributed by atoms with E-state index in [2.05, 4.69) is 20.3 Å². The number of nitrogens with zero attached hydrogens (tertiary/aromatic N) is 3. The van der Waals surface area contributed by atoms with E-state index in [4.69, 9.17) is 0 Å². The minimum absolute atomic E-state index is 0. The van der Waals surface area contributed by atoms with Crippen LogP contribution in [-0.2, 0) is 6.18 Å². The van der Waals surface area contributed by atoms with E-state index in [9.17, 15) is 23.4 Å². The van der Waals surface area contributed by atoms with Gasteiger partial charge in [0.1, 0.15) is 23.7 Å². The van der Waals surface area contributed by atoms with Gasteiger partial charge in [-0.15, -0.1) is 17.0 Å². The van der Waals surface area contributed by atoms with E-state index in [1.165, 1.54) is 42.7 Å². The largest absolute Gasteiger partial charge is 0.504 e. The Labute approximate surface area is 156 Å². The fourth-order valence-corrected chi connectivity index (χ4v) is 2.06. The molecule has 3 rings (SSSR count). The molecule has 0 spiro atoms. The third-order valence-electron chi connectivity index (χ3n) is 3.23. The van der Waals surface area contributed by atoms with Crippen LogP contribution >= 0.6 is 17.0 Å². The summed E-state index contributed by atoms with van der Waals surface area (Å²) in [5, 5.41) is 21.6. The molecule has 136 valence electrons. The molecule has 0 amide bonds. The van der Waals surface area contributed by atoms with Crippen molar-refractivity contribution in [3.05, 3.63) is 54.5 Å². The highest BCUT2D eigenvalue weighted by Crippen LogP contribution is 2.31. The Morgan fingerprint density at radius 3 is 2.35 bits per heavy atom. The van der Waals surface area contributed by atoms with Gasteiger partial charge >= 0.3 is 6.18 Å². The number of anilines is 2. The molecule has 2 heterocycles. The van der Waals surface area contributed by atoms with E-state index in [0.29, 0.717) is 11.3 Å². The fourth-order valence-electron chi connectivity index (χ4n) is 2.06. The predicted molar refractivity (Wildman–Crippen MR) is 93.6 cm³/mol. The minimum Gasteiger partial charge on any atom is -0.504 e. The zero-order valence-electron chi connectivity index (χ0n) is 12.9. The number of nitrogens with one attached hydrogen (secondary N) is 1. The van der Waals surface area contributed by atoms with Crippen molar-refractivity contribution < 1.29 is 23.4 Å². The molecule has 0 aliphatic heterocycles. The standard InChI is InChI=1S/C16H11F3N4O2.BrH/c17-16(18,19)13-2-1-3-14(22-13)23-15-7-10(20-8-21-15)9-4-5-11(24)12(25)6-9;/h1-8,24-25H,(H,20,21,22,23);1H. The first-order chi connectivity index (χ1) is 11.8. The van der Waals surface area contributed by atoms with E-state index in [0.717, 1.165) is 6.07 Å². The quantitative estimate of drug-likeness (QED) is 0.539. The number of alkyl halides is 3. The molecule has 26 heavy (non-hydrogen) atoms. The van der Waals surface area contributed by atoms with Crippen LogP contribution in [0.15, 0.2) is 48.8 Å². The smallest absolute Gasteiger partial charge is 0.433 e. The van der Waals surface area contributed by atoms with E-state index >= 15 is 0 Å². The van der Waals surface area contributed by atoms with Crippen molar-refractivity contribution >= 4 is 28.6 Å². The van der Waals surface area contributed by atoms with Crippen LogP contribution < -0.4 is 5.32 Å². The lowest BCUT2D eigenvalue weighted by Crippen LogP contribution is -2.09. The summed E-state index contributed by atoms with van der Waals surface area (Å²) in [4.78, 5) is 11.5. The van der Waals surface area contributed by atoms with Crippen LogP contribution in [0.25, 0.3) is 11.3 Å². The maximum Gasteiger partial charge on any atom is 0.433 e. The number of hydrogen-bond donors (Lipinski definition) is 3. The molecule has 3 aromatic rings. The number of halogens is 4. The number of aromatic hydroxyl groups is 2. The van der Waals surface area contributed by atoms with Gasteiger partial charge < -0.3 is 15.5 Å². The lowest BCUT2D eigenvalue weighted by Gasteiger charge is -2.10. The summed E-state index contributed by atoms with van der Waals surface area (Å²) < 4.78 is 38.1. The van der Waals surface area contributed by atoms with Crippen LogP contribution in [-0.4, -0.2) is 25.2 Å². The van der Waals surface area contributed by atoms with E-state index in [1.807, 2.05) is 0 Å². The molecule has 0 atom stereocenters. The van der Waals surface area contributed by atoms with Crippen molar-refractivity contribution in [3.8, 4) is 22.8 Å². The summed E-state index contributed by atoms with van der Waals surface area (Å²) in [5.74, 6) is -0.382. The minimum atomic E-state index is -4.54. The third kappa shape index (κ3) is 4.39. The normalized spacial score (nSPS) is 10.9. The maximum atomic E-state index is 12.7. The molecule has 0 aliphatic rings. The predicted octanol–water partition coefficient (Wildman–Crippen LogP) is 4.29. The Morgan fingerprint density at radius 2 is 1.65 bits per heavy atom. The topological polar surface area (TPSA) is 91.2 Å². The van der Waals surface area contributed by atoms with Gasteiger partial charge in [-0.05, 0) is 30.3 Å². The number of phenolic OH excluding ortho intramolecular Hbond substituents is 2. The zero-order chi connectivity index (χ0) is 18.0. The number of hydrogen-bond acceptors (Lipinski definition) is 6. The summed E-state index contributed by atoms with van der Waals surface area (Å²) in [6, 6.07) is 9.10. The second kappa shape index (κ2) is 7.56. The average molecular weight is 429 g/mol. The first-order valence-electron chi connectivity index (χ1n) is 6.98. The Bertz CT molecular complexity index is 922. The molecule has 0 radical (unpaired) electrons. The first-order valence-corrected chi connectivity index (χ1v) is 6.98. The van der Waals surface area contributed by atoms with Gasteiger partial charge in [-0.3, -0.25) is 0 Å². The number of aromatic nitrogens is 3. The molecule has 10 heteroatoms. The highest BCUT2D eigenvalue weighted by Gasteiger charge is 2.32. The Hall–Kier alpha value is -2.88. The first kappa shape index (κ1) is 19.4. The van der Waals surface area contributed by atoms with Crippen LogP contribution in [0.2, 0.25) is 0 Å². The zero-order valence-corrected chi connectivity index (χ0v) is 14.6. The molecule has 0 bridgehead atoms. The number of rotatable bonds is 3. The van der Waals surface area contributed by atoms with Crippen molar-refractivity contribution in [2.75, 3.05) is 5.32 Å². The second-order valence-electron chi connectivity index (χ2n) is 5.02. The third-order valence-corrected chi connectivity index (χ3v) is 3.23. The van der Waals surface area contributed by atoms with Gasteiger partial charge in [-0.25, -0.2) is 15.0 Å². The van der Waals surface area contributed by atoms with E-state index in [1.54, 1.807) is 0 Å². The Balaban J connectivity index is 0.00000243. The molecule has 6 nitrogen and oxygen atoms in total. The average Bonchev–Trinajstić information content (AvgIpc) is 2.57. The van der Waals surface area contributed by atoms with Crippen LogP contribution in [0, 0.1) is 0 Å². The lowest BCUT2D eigenvalue weighted by molar-refractivity contribution is -0.141. The Kier molecular flexibility index (Phi) is 5.66. The second-order valence-corrected chi connectivity index (χ2v) is 5.02. The van der Waals surface area contributed by atoms with Gasteiger partial charge in [0.05, 0.1) is 5.69 Å². The number of benzene rings is 1. The number of pyridine rings is 1. The van der Waals surface area contributed by atoms with Gasteiger partial charge in [0.25, 0.3) is 0 Å². The van der Waals surface area contributed by atoms with Gasteiger partial charge in [-0.1, -0.05) is 6.07 Å².